The fourth-order valence-corrected chi connectivity index (χ4v) is 4.07. The molecule has 6 nitrogen and oxygen atoms in total. The minimum atomic E-state index is -0.439. The maximum Gasteiger partial charge on any atom is 0.272 e. The maximum atomic E-state index is 13.5. The summed E-state index contributed by atoms with van der Waals surface area (Å²) in [5.74, 6) is -0.817. The van der Waals surface area contributed by atoms with Gasteiger partial charge in [0.25, 0.3) is 11.8 Å². The SMILES string of the molecule is Cc1ccc(NC(=O)/C(=C\c2cn(-c3ccccc3)nc2-c2ccccc2)NC(=O)c2ccc(C)cc2)cc1. The number of para-hydroxylation sites is 1. The Labute approximate surface area is 227 Å². The number of rotatable bonds is 7. The van der Waals surface area contributed by atoms with Crippen molar-refractivity contribution >= 4 is 23.6 Å². The Bertz CT molecular complexity index is 1620. The largest absolute Gasteiger partial charge is 0.321 e. The summed E-state index contributed by atoms with van der Waals surface area (Å²) in [6.45, 7) is 3.94. The lowest BCUT2D eigenvalue weighted by Crippen LogP contribution is -2.30. The first-order chi connectivity index (χ1) is 19.0. The van der Waals surface area contributed by atoms with Crippen LogP contribution in [-0.4, -0.2) is 21.6 Å². The van der Waals surface area contributed by atoms with Crippen LogP contribution < -0.4 is 10.6 Å². The fraction of sp³-hybridized carbons (Fsp3) is 0.0606. The normalized spacial score (nSPS) is 11.2. The minimum absolute atomic E-state index is 0.103. The summed E-state index contributed by atoms with van der Waals surface area (Å²) in [6, 6.07) is 34.2. The van der Waals surface area contributed by atoms with E-state index in [4.69, 9.17) is 5.10 Å². The summed E-state index contributed by atoms with van der Waals surface area (Å²) < 4.78 is 1.77. The van der Waals surface area contributed by atoms with Crippen LogP contribution in [0.25, 0.3) is 23.0 Å². The summed E-state index contributed by atoms with van der Waals surface area (Å²) in [5, 5.41) is 10.6. The zero-order chi connectivity index (χ0) is 27.2. The van der Waals surface area contributed by atoms with Crippen molar-refractivity contribution < 1.29 is 9.59 Å². The highest BCUT2D eigenvalue weighted by Crippen LogP contribution is 2.26. The number of hydrogen-bond acceptors (Lipinski definition) is 3. The van der Waals surface area contributed by atoms with E-state index >= 15 is 0 Å². The quantitative estimate of drug-likeness (QED) is 0.242. The molecule has 0 bridgehead atoms. The average molecular weight is 513 g/mol. The van der Waals surface area contributed by atoms with E-state index in [-0.39, 0.29) is 11.6 Å². The number of aryl methyl sites for hydroxylation is 2. The van der Waals surface area contributed by atoms with Crippen molar-refractivity contribution in [3.63, 3.8) is 0 Å². The highest BCUT2D eigenvalue weighted by molar-refractivity contribution is 6.11. The van der Waals surface area contributed by atoms with Crippen LogP contribution in [0, 0.1) is 13.8 Å². The van der Waals surface area contributed by atoms with Crippen LogP contribution in [0.15, 0.2) is 121 Å². The lowest BCUT2D eigenvalue weighted by atomic mass is 10.1. The molecule has 0 radical (unpaired) electrons. The van der Waals surface area contributed by atoms with E-state index < -0.39 is 5.91 Å². The molecule has 0 aliphatic rings. The van der Waals surface area contributed by atoms with Crippen molar-refractivity contribution in [1.29, 1.82) is 0 Å². The molecule has 0 saturated heterocycles. The van der Waals surface area contributed by atoms with Gasteiger partial charge in [-0.3, -0.25) is 9.59 Å². The van der Waals surface area contributed by atoms with Crippen LogP contribution in [0.2, 0.25) is 0 Å². The molecule has 0 unspecified atom stereocenters. The first-order valence-corrected chi connectivity index (χ1v) is 12.6. The second-order valence-electron chi connectivity index (χ2n) is 9.28. The molecular formula is C33H28N4O2. The van der Waals surface area contributed by atoms with E-state index in [0.717, 1.165) is 22.4 Å². The Morgan fingerprint density at radius 3 is 1.97 bits per heavy atom. The van der Waals surface area contributed by atoms with Crippen LogP contribution in [-0.2, 0) is 4.79 Å². The van der Waals surface area contributed by atoms with Gasteiger partial charge in [0.1, 0.15) is 11.4 Å². The second kappa shape index (κ2) is 11.4. The van der Waals surface area contributed by atoms with Crippen molar-refractivity contribution in [1.82, 2.24) is 15.1 Å². The lowest BCUT2D eigenvalue weighted by molar-refractivity contribution is -0.113. The molecule has 192 valence electrons. The number of nitrogens with one attached hydrogen (secondary N) is 2. The molecule has 0 aliphatic carbocycles. The molecule has 2 amide bonds. The maximum absolute atomic E-state index is 13.5. The van der Waals surface area contributed by atoms with E-state index in [1.165, 1.54) is 0 Å². The van der Waals surface area contributed by atoms with Gasteiger partial charge in [-0.05, 0) is 56.3 Å². The molecule has 0 spiro atoms. The van der Waals surface area contributed by atoms with Crippen molar-refractivity contribution in [2.45, 2.75) is 13.8 Å². The summed E-state index contributed by atoms with van der Waals surface area (Å²) in [7, 11) is 0. The average Bonchev–Trinajstić information content (AvgIpc) is 3.39. The number of carbonyl (C=O) groups excluding carboxylic acids is 2. The smallest absolute Gasteiger partial charge is 0.272 e. The molecule has 1 aromatic heterocycles. The van der Waals surface area contributed by atoms with Gasteiger partial charge in [0.2, 0.25) is 0 Å². The fourth-order valence-electron chi connectivity index (χ4n) is 4.07. The molecule has 0 atom stereocenters. The van der Waals surface area contributed by atoms with Gasteiger partial charge in [-0.25, -0.2) is 4.68 Å². The number of nitrogens with zero attached hydrogens (tertiary/aromatic N) is 2. The van der Waals surface area contributed by atoms with Crippen LogP contribution in [0.3, 0.4) is 0 Å². The lowest BCUT2D eigenvalue weighted by Gasteiger charge is -2.12. The summed E-state index contributed by atoms with van der Waals surface area (Å²) in [6.07, 6.45) is 3.53. The van der Waals surface area contributed by atoms with Crippen LogP contribution in [0.1, 0.15) is 27.0 Å². The number of carbonyl (C=O) groups is 2. The second-order valence-corrected chi connectivity index (χ2v) is 9.28. The summed E-state index contributed by atoms with van der Waals surface area (Å²) in [4.78, 5) is 26.7. The molecule has 4 aromatic carbocycles. The zero-order valence-corrected chi connectivity index (χ0v) is 21.8. The summed E-state index contributed by atoms with van der Waals surface area (Å²) in [5.41, 5.74) is 6.45. The van der Waals surface area contributed by atoms with E-state index in [1.807, 2.05) is 117 Å². The third kappa shape index (κ3) is 6.19. The Balaban J connectivity index is 1.57. The van der Waals surface area contributed by atoms with Gasteiger partial charge in [-0.15, -0.1) is 0 Å². The molecule has 0 aliphatic heterocycles. The number of hydrogen-bond donors (Lipinski definition) is 2. The van der Waals surface area contributed by atoms with E-state index in [1.54, 1.807) is 22.9 Å². The number of aromatic nitrogens is 2. The number of anilines is 1. The van der Waals surface area contributed by atoms with Gasteiger partial charge in [0, 0.05) is 28.6 Å². The van der Waals surface area contributed by atoms with E-state index in [2.05, 4.69) is 10.6 Å². The highest BCUT2D eigenvalue weighted by Gasteiger charge is 2.18. The molecule has 5 aromatic rings. The van der Waals surface area contributed by atoms with E-state index in [0.29, 0.717) is 22.5 Å². The van der Waals surface area contributed by atoms with Crippen LogP contribution >= 0.6 is 0 Å². The topological polar surface area (TPSA) is 76.0 Å². The Hall–Kier alpha value is -5.23. The monoisotopic (exact) mass is 512 g/mol. The molecule has 39 heavy (non-hydrogen) atoms. The first kappa shape index (κ1) is 25.4. The van der Waals surface area contributed by atoms with Crippen molar-refractivity contribution in [3.05, 3.63) is 143 Å². The predicted octanol–water partition coefficient (Wildman–Crippen LogP) is 6.57. The summed E-state index contributed by atoms with van der Waals surface area (Å²) >= 11 is 0. The number of benzene rings is 4. The predicted molar refractivity (Wildman–Crippen MR) is 155 cm³/mol. The molecular weight excluding hydrogens is 484 g/mol. The van der Waals surface area contributed by atoms with Crippen molar-refractivity contribution in [2.24, 2.45) is 0 Å². The van der Waals surface area contributed by atoms with Crippen molar-refractivity contribution in [3.8, 4) is 16.9 Å². The van der Waals surface area contributed by atoms with Gasteiger partial charge >= 0.3 is 0 Å². The molecule has 0 fully saturated rings. The van der Waals surface area contributed by atoms with Crippen molar-refractivity contribution in [2.75, 3.05) is 5.32 Å². The van der Waals surface area contributed by atoms with Gasteiger partial charge in [0.15, 0.2) is 0 Å². The molecule has 1 heterocycles. The molecule has 5 rings (SSSR count). The zero-order valence-electron chi connectivity index (χ0n) is 21.8. The first-order valence-electron chi connectivity index (χ1n) is 12.6. The highest BCUT2D eigenvalue weighted by atomic mass is 16.2. The minimum Gasteiger partial charge on any atom is -0.321 e. The molecule has 2 N–H and O–H groups in total. The van der Waals surface area contributed by atoms with Gasteiger partial charge in [-0.1, -0.05) is 83.9 Å². The van der Waals surface area contributed by atoms with E-state index in [9.17, 15) is 9.59 Å². The molecule has 0 saturated carbocycles. The number of amides is 2. The van der Waals surface area contributed by atoms with Gasteiger partial charge in [0.05, 0.1) is 5.69 Å². The Morgan fingerprint density at radius 2 is 1.33 bits per heavy atom. The Morgan fingerprint density at radius 1 is 0.744 bits per heavy atom. The third-order valence-electron chi connectivity index (χ3n) is 6.23. The van der Waals surface area contributed by atoms with Crippen LogP contribution in [0.4, 0.5) is 5.69 Å². The van der Waals surface area contributed by atoms with Crippen LogP contribution in [0.5, 0.6) is 0 Å². The third-order valence-corrected chi connectivity index (χ3v) is 6.23. The Kier molecular flexibility index (Phi) is 7.46. The van der Waals surface area contributed by atoms with Gasteiger partial charge in [-0.2, -0.15) is 5.10 Å². The molecule has 6 heteroatoms. The van der Waals surface area contributed by atoms with Gasteiger partial charge < -0.3 is 10.6 Å². The standard InChI is InChI=1S/C33H28N4O2/c1-23-13-17-26(18-14-23)32(38)35-30(33(39)34-28-19-15-24(2)16-20-28)21-27-22-37(29-11-7-4-8-12-29)36-31(27)25-9-5-3-6-10-25/h3-22H,1-2H3,(H,34,39)(H,35,38)/b30-21+.